The summed E-state index contributed by atoms with van der Waals surface area (Å²) in [7, 11) is 0. The molecule has 13 heavy (non-hydrogen) atoms. The number of para-hydroxylation sites is 1. The Hall–Kier alpha value is -1.77. The summed E-state index contributed by atoms with van der Waals surface area (Å²) in [5.74, 6) is -0.176. The number of rotatable bonds is 1. The zero-order valence-corrected chi connectivity index (χ0v) is 6.86. The van der Waals surface area contributed by atoms with Crippen LogP contribution in [-0.2, 0) is 9.53 Å². The Morgan fingerprint density at radius 2 is 2.08 bits per heavy atom. The van der Waals surface area contributed by atoms with E-state index in [0.717, 1.165) is 5.57 Å². The molecule has 0 aromatic heterocycles. The van der Waals surface area contributed by atoms with Crippen LogP contribution in [0.5, 0.6) is 5.75 Å². The largest absolute Gasteiger partial charge is 0.507 e. The predicted octanol–water partition coefficient (Wildman–Crippen LogP) is 1.33. The molecule has 2 rings (SSSR count). The van der Waals surface area contributed by atoms with Crippen LogP contribution >= 0.6 is 0 Å². The van der Waals surface area contributed by atoms with E-state index in [1.165, 1.54) is 6.08 Å². The van der Waals surface area contributed by atoms with Crippen molar-refractivity contribution in [1.29, 1.82) is 0 Å². The zero-order valence-electron chi connectivity index (χ0n) is 6.86. The van der Waals surface area contributed by atoms with Crippen molar-refractivity contribution in [3.8, 4) is 5.75 Å². The normalized spacial score (nSPS) is 15.4. The van der Waals surface area contributed by atoms with Crippen LogP contribution < -0.4 is 0 Å². The van der Waals surface area contributed by atoms with E-state index >= 15 is 0 Å². The quantitative estimate of drug-likeness (QED) is 0.656. The maximum absolute atomic E-state index is 10.8. The van der Waals surface area contributed by atoms with Gasteiger partial charge in [0.2, 0.25) is 0 Å². The van der Waals surface area contributed by atoms with E-state index < -0.39 is 0 Å². The Labute approximate surface area is 75.3 Å². The molecule has 0 saturated heterocycles. The van der Waals surface area contributed by atoms with Gasteiger partial charge in [0.1, 0.15) is 12.4 Å². The third-order valence-corrected chi connectivity index (χ3v) is 1.91. The van der Waals surface area contributed by atoms with Crippen LogP contribution in [0.2, 0.25) is 0 Å². The van der Waals surface area contributed by atoms with Gasteiger partial charge in [-0.05, 0) is 6.07 Å². The highest BCUT2D eigenvalue weighted by Gasteiger charge is 2.16. The third-order valence-electron chi connectivity index (χ3n) is 1.91. The summed E-state index contributed by atoms with van der Waals surface area (Å²) in [6.07, 6.45) is 1.40. The molecule has 1 aliphatic heterocycles. The van der Waals surface area contributed by atoms with Crippen molar-refractivity contribution in [3.63, 3.8) is 0 Å². The lowest BCUT2D eigenvalue weighted by atomic mass is 10.1. The monoisotopic (exact) mass is 176 g/mol. The molecule has 0 fully saturated rings. The number of carbonyl (C=O) groups excluding carboxylic acids is 1. The molecular formula is C10H8O3. The number of cyclic esters (lactones) is 1. The SMILES string of the molecule is O=C1C=C(c2ccccc2O)CO1. The molecule has 66 valence electrons. The standard InChI is InChI=1S/C10H8O3/c11-9-4-2-1-3-8(9)7-5-10(12)13-6-7/h1-5,11H,6H2. The van der Waals surface area contributed by atoms with E-state index in [1.807, 2.05) is 0 Å². The van der Waals surface area contributed by atoms with E-state index in [-0.39, 0.29) is 18.3 Å². The van der Waals surface area contributed by atoms with Crippen molar-refractivity contribution in [2.24, 2.45) is 0 Å². The van der Waals surface area contributed by atoms with Crippen molar-refractivity contribution < 1.29 is 14.6 Å². The molecule has 0 bridgehead atoms. The number of phenolic OH excluding ortho intramolecular Hbond substituents is 1. The van der Waals surface area contributed by atoms with Gasteiger partial charge in [-0.15, -0.1) is 0 Å². The van der Waals surface area contributed by atoms with Gasteiger partial charge in [0.25, 0.3) is 0 Å². The second kappa shape index (κ2) is 2.94. The summed E-state index contributed by atoms with van der Waals surface area (Å²) in [6.45, 7) is 0.246. The van der Waals surface area contributed by atoms with E-state index in [1.54, 1.807) is 24.3 Å². The molecule has 0 saturated carbocycles. The van der Waals surface area contributed by atoms with Crippen LogP contribution in [0.1, 0.15) is 5.56 Å². The highest BCUT2D eigenvalue weighted by atomic mass is 16.5. The van der Waals surface area contributed by atoms with Crippen LogP contribution in [0.4, 0.5) is 0 Å². The number of carbonyl (C=O) groups is 1. The fourth-order valence-corrected chi connectivity index (χ4v) is 1.28. The van der Waals surface area contributed by atoms with E-state index in [9.17, 15) is 9.90 Å². The predicted molar refractivity (Wildman–Crippen MR) is 47.0 cm³/mol. The molecule has 1 heterocycles. The van der Waals surface area contributed by atoms with Gasteiger partial charge in [-0.25, -0.2) is 4.79 Å². The molecule has 1 N–H and O–H groups in total. The van der Waals surface area contributed by atoms with Gasteiger partial charge in [-0.2, -0.15) is 0 Å². The molecule has 0 unspecified atom stereocenters. The van der Waals surface area contributed by atoms with Crippen LogP contribution in [-0.4, -0.2) is 17.7 Å². The number of phenols is 1. The van der Waals surface area contributed by atoms with Crippen LogP contribution in [0.25, 0.3) is 5.57 Å². The molecule has 0 aliphatic carbocycles. The topological polar surface area (TPSA) is 46.5 Å². The fraction of sp³-hybridized carbons (Fsp3) is 0.100. The molecule has 3 heteroatoms. The van der Waals surface area contributed by atoms with E-state index in [0.29, 0.717) is 5.56 Å². The third kappa shape index (κ3) is 1.40. The highest BCUT2D eigenvalue weighted by Crippen LogP contribution is 2.27. The minimum absolute atomic E-state index is 0.173. The molecule has 1 aromatic rings. The molecule has 3 nitrogen and oxygen atoms in total. The van der Waals surface area contributed by atoms with E-state index in [4.69, 9.17) is 4.74 Å². The van der Waals surface area contributed by atoms with Crippen molar-refractivity contribution in [2.45, 2.75) is 0 Å². The van der Waals surface area contributed by atoms with Crippen molar-refractivity contribution in [1.82, 2.24) is 0 Å². The maximum Gasteiger partial charge on any atom is 0.331 e. The Morgan fingerprint density at radius 1 is 1.31 bits per heavy atom. The van der Waals surface area contributed by atoms with Gasteiger partial charge in [0, 0.05) is 17.2 Å². The Bertz CT molecular complexity index is 380. The molecule has 0 atom stereocenters. The summed E-state index contributed by atoms with van der Waals surface area (Å²) in [4.78, 5) is 10.8. The lowest BCUT2D eigenvalue weighted by Crippen LogP contribution is -1.91. The second-order valence-corrected chi connectivity index (χ2v) is 2.79. The Kier molecular flexibility index (Phi) is 1.77. The van der Waals surface area contributed by atoms with Gasteiger partial charge in [0.15, 0.2) is 0 Å². The number of aromatic hydroxyl groups is 1. The first-order valence-electron chi connectivity index (χ1n) is 3.93. The van der Waals surface area contributed by atoms with Gasteiger partial charge < -0.3 is 9.84 Å². The summed E-state index contributed by atoms with van der Waals surface area (Å²) in [6, 6.07) is 6.87. The molecule has 0 radical (unpaired) electrons. The smallest absolute Gasteiger partial charge is 0.331 e. The Balaban J connectivity index is 2.41. The van der Waals surface area contributed by atoms with Crippen molar-refractivity contribution >= 4 is 11.5 Å². The number of benzene rings is 1. The first kappa shape index (κ1) is 7.86. The molecule has 1 aromatic carbocycles. The first-order chi connectivity index (χ1) is 6.27. The number of esters is 1. The number of ether oxygens (including phenoxy) is 1. The molecule has 0 amide bonds. The van der Waals surface area contributed by atoms with Crippen molar-refractivity contribution in [2.75, 3.05) is 6.61 Å². The van der Waals surface area contributed by atoms with Crippen LogP contribution in [0.3, 0.4) is 0 Å². The second-order valence-electron chi connectivity index (χ2n) is 2.79. The zero-order chi connectivity index (χ0) is 9.26. The number of hydrogen-bond donors (Lipinski definition) is 1. The maximum atomic E-state index is 10.8. The first-order valence-corrected chi connectivity index (χ1v) is 3.93. The van der Waals surface area contributed by atoms with Crippen LogP contribution in [0, 0.1) is 0 Å². The van der Waals surface area contributed by atoms with Crippen molar-refractivity contribution in [3.05, 3.63) is 35.9 Å². The lowest BCUT2D eigenvalue weighted by molar-refractivity contribution is -0.134. The molecule has 0 spiro atoms. The van der Waals surface area contributed by atoms with Gasteiger partial charge in [0.05, 0.1) is 0 Å². The lowest BCUT2D eigenvalue weighted by Gasteiger charge is -2.02. The summed E-state index contributed by atoms with van der Waals surface area (Å²) >= 11 is 0. The average Bonchev–Trinajstić information content (AvgIpc) is 2.53. The summed E-state index contributed by atoms with van der Waals surface area (Å²) in [5, 5.41) is 9.45. The van der Waals surface area contributed by atoms with Gasteiger partial charge >= 0.3 is 5.97 Å². The molecular weight excluding hydrogens is 168 g/mol. The average molecular weight is 176 g/mol. The minimum Gasteiger partial charge on any atom is -0.507 e. The summed E-state index contributed by atoms with van der Waals surface area (Å²) < 4.78 is 4.73. The number of hydrogen-bond acceptors (Lipinski definition) is 3. The van der Waals surface area contributed by atoms with Gasteiger partial charge in [-0.3, -0.25) is 0 Å². The van der Waals surface area contributed by atoms with Crippen LogP contribution in [0.15, 0.2) is 30.3 Å². The van der Waals surface area contributed by atoms with Gasteiger partial charge in [-0.1, -0.05) is 18.2 Å². The van der Waals surface area contributed by atoms with E-state index in [2.05, 4.69) is 0 Å². The highest BCUT2D eigenvalue weighted by molar-refractivity contribution is 5.96. The minimum atomic E-state index is -0.349. The Morgan fingerprint density at radius 3 is 2.69 bits per heavy atom. The summed E-state index contributed by atoms with van der Waals surface area (Å²) in [5.41, 5.74) is 1.39. The fourth-order valence-electron chi connectivity index (χ4n) is 1.28. The molecule has 1 aliphatic rings.